The minimum absolute atomic E-state index is 0. The van der Waals surface area contributed by atoms with Gasteiger partial charge in [0.15, 0.2) is 0 Å². The number of alkyl carbamates (subject to hydrolysis) is 2. The standard InChI is InChI=1S/C31H33N3O5S.C16H13NO2S.C15H22N2O4.ClH/c1-3-5-17-38-30(36)26(34-31(37)39-20-21-11-7-6-8-12-21)19-33-29(35)27-18-25-28(40-27)24(15-16-32-25)23-14-10-9-13-22(23)4-2;1-2-10-5-3-4-6-11(10)12-7-8-17-13-9-14(16(18)19)20-15(12)13;1-2-3-9-20-14(18)13(10-16)17-15(19)21-11-12-7-5-4-6-8-12;/h6-16,18,26H,3-5,17,19-20H2,1-2H3,(H,33,35)(H,34,37);3-9H,2H2,1H3,(H,18,19);4-8,13H,2-3,9-11,16H2,1H3,(H,17,19);1H/t26-;;13-;/m1.1./s1. The maximum atomic E-state index is 13.1. The molecular formula is C62H69ClN6O11S2. The lowest BCUT2D eigenvalue weighted by Crippen LogP contribution is -2.49. The molecule has 0 spiro atoms. The van der Waals surface area contributed by atoms with Crippen LogP contribution in [0.3, 0.4) is 0 Å². The molecule has 0 aliphatic carbocycles. The molecule has 3 amide bonds. The number of benzene rings is 4. The number of carboxylic acid groups (broad SMARTS) is 1. The van der Waals surface area contributed by atoms with Gasteiger partial charge in [0.05, 0.1) is 38.5 Å². The summed E-state index contributed by atoms with van der Waals surface area (Å²) in [6.45, 7) is 8.75. The van der Waals surface area contributed by atoms with E-state index in [0.717, 1.165) is 85.9 Å². The smallest absolute Gasteiger partial charge is 0.408 e. The molecule has 20 heteroatoms. The van der Waals surface area contributed by atoms with Crippen molar-refractivity contribution in [2.75, 3.05) is 26.3 Å². The number of aromatic carboxylic acids is 1. The summed E-state index contributed by atoms with van der Waals surface area (Å²) >= 11 is 2.62. The number of pyridine rings is 2. The van der Waals surface area contributed by atoms with Gasteiger partial charge in [0.25, 0.3) is 5.91 Å². The summed E-state index contributed by atoms with van der Waals surface area (Å²) in [6.07, 6.45) is 7.09. The van der Waals surface area contributed by atoms with Crippen LogP contribution in [-0.4, -0.2) is 89.5 Å². The van der Waals surface area contributed by atoms with E-state index in [1.165, 1.54) is 33.8 Å². The average molecular weight is 1170 g/mol. The zero-order valence-electron chi connectivity index (χ0n) is 46.2. The number of halogens is 1. The van der Waals surface area contributed by atoms with E-state index in [-0.39, 0.29) is 51.2 Å². The van der Waals surface area contributed by atoms with Crippen LogP contribution in [-0.2, 0) is 54.6 Å². The second kappa shape index (κ2) is 34.1. The van der Waals surface area contributed by atoms with E-state index in [0.29, 0.717) is 22.8 Å². The van der Waals surface area contributed by atoms with Crippen LogP contribution >= 0.6 is 35.1 Å². The van der Waals surface area contributed by atoms with Crippen molar-refractivity contribution in [3.63, 3.8) is 0 Å². The van der Waals surface area contributed by atoms with Gasteiger partial charge in [-0.2, -0.15) is 0 Å². The maximum absolute atomic E-state index is 13.1. The van der Waals surface area contributed by atoms with Crippen LogP contribution in [0.5, 0.6) is 0 Å². The third kappa shape index (κ3) is 19.2. The number of nitrogens with zero attached hydrogens (tertiary/aromatic N) is 2. The Kier molecular flexibility index (Phi) is 26.9. The number of aryl methyl sites for hydroxylation is 2. The monoisotopic (exact) mass is 1170 g/mol. The summed E-state index contributed by atoms with van der Waals surface area (Å²) in [5, 5.41) is 16.8. The van der Waals surface area contributed by atoms with Gasteiger partial charge in [-0.15, -0.1) is 35.1 Å². The van der Waals surface area contributed by atoms with Gasteiger partial charge < -0.3 is 45.7 Å². The molecule has 0 bridgehead atoms. The molecule has 432 valence electrons. The predicted molar refractivity (Wildman–Crippen MR) is 323 cm³/mol. The normalized spacial score (nSPS) is 11.2. The third-order valence-electron chi connectivity index (χ3n) is 12.4. The number of amides is 3. The highest BCUT2D eigenvalue weighted by Crippen LogP contribution is 2.37. The second-order valence-corrected chi connectivity index (χ2v) is 20.3. The van der Waals surface area contributed by atoms with Gasteiger partial charge in [-0.1, -0.05) is 150 Å². The first-order valence-corrected chi connectivity index (χ1v) is 28.4. The number of esters is 2. The Hall–Kier alpha value is -8.23. The molecule has 0 unspecified atom stereocenters. The minimum Gasteiger partial charge on any atom is -0.477 e. The zero-order valence-corrected chi connectivity index (χ0v) is 48.7. The number of hydrogen-bond acceptors (Lipinski definition) is 15. The van der Waals surface area contributed by atoms with E-state index in [2.05, 4.69) is 64.0 Å². The van der Waals surface area contributed by atoms with E-state index >= 15 is 0 Å². The molecule has 82 heavy (non-hydrogen) atoms. The first kappa shape index (κ1) is 64.6. The van der Waals surface area contributed by atoms with Crippen molar-refractivity contribution in [2.24, 2.45) is 5.73 Å². The number of thiophene rings is 2. The summed E-state index contributed by atoms with van der Waals surface area (Å²) in [7, 11) is 0. The average Bonchev–Trinajstić information content (AvgIpc) is 4.37. The molecule has 2 atom stereocenters. The van der Waals surface area contributed by atoms with E-state index in [4.69, 9.17) is 29.8 Å². The minimum atomic E-state index is -1.11. The van der Waals surface area contributed by atoms with Gasteiger partial charge in [-0.3, -0.25) is 14.8 Å². The number of carbonyl (C=O) groups excluding carboxylic acids is 5. The number of carboxylic acids is 1. The fraction of sp³-hybridized carbons (Fsp3) is 0.290. The van der Waals surface area contributed by atoms with E-state index in [1.54, 1.807) is 24.5 Å². The quantitative estimate of drug-likeness (QED) is 0.0227. The van der Waals surface area contributed by atoms with Gasteiger partial charge >= 0.3 is 30.1 Å². The fourth-order valence-corrected chi connectivity index (χ4v) is 10.1. The SMILES string of the molecule is CCCCOC(=O)[C@@H](CN)NC(=O)OCc1ccccc1.CCCCOC(=O)[C@@H](CNC(=O)c1cc2nccc(-c3ccccc3CC)c2s1)NC(=O)OCc1ccccc1.CCc1ccccc1-c1ccnc2cc(C(=O)O)sc12.Cl. The van der Waals surface area contributed by atoms with E-state index in [9.17, 15) is 28.8 Å². The Morgan fingerprint density at radius 2 is 0.976 bits per heavy atom. The van der Waals surface area contributed by atoms with Crippen molar-refractivity contribution in [3.05, 3.63) is 178 Å². The van der Waals surface area contributed by atoms with Crippen LogP contribution in [0.4, 0.5) is 9.59 Å². The number of nitrogens with one attached hydrogen (secondary N) is 3. The van der Waals surface area contributed by atoms with Gasteiger partial charge in [0.1, 0.15) is 30.2 Å². The molecule has 6 N–H and O–H groups in total. The molecule has 0 radical (unpaired) electrons. The number of nitrogens with two attached hydrogens (primary N) is 1. The summed E-state index contributed by atoms with van der Waals surface area (Å²) in [5.74, 6) is -2.45. The van der Waals surface area contributed by atoms with Crippen LogP contribution in [0.2, 0.25) is 0 Å². The van der Waals surface area contributed by atoms with Crippen LogP contribution in [0.15, 0.2) is 146 Å². The zero-order chi connectivity index (χ0) is 57.9. The summed E-state index contributed by atoms with van der Waals surface area (Å²) in [5.41, 5.74) is 15.4. The summed E-state index contributed by atoms with van der Waals surface area (Å²) < 4.78 is 22.5. The molecule has 0 aliphatic heterocycles. The highest BCUT2D eigenvalue weighted by Gasteiger charge is 2.26. The second-order valence-electron chi connectivity index (χ2n) is 18.2. The van der Waals surface area contributed by atoms with Crippen molar-refractivity contribution in [3.8, 4) is 22.3 Å². The van der Waals surface area contributed by atoms with Crippen molar-refractivity contribution < 1.29 is 52.8 Å². The first-order chi connectivity index (χ1) is 39.4. The fourth-order valence-electron chi connectivity index (χ4n) is 8.04. The predicted octanol–water partition coefficient (Wildman–Crippen LogP) is 12.1. The Bertz CT molecular complexity index is 3340. The topological polar surface area (TPSA) is 247 Å². The number of fused-ring (bicyclic) bond motifs is 2. The first-order valence-electron chi connectivity index (χ1n) is 26.8. The van der Waals surface area contributed by atoms with Crippen LogP contribution in [0, 0.1) is 0 Å². The molecule has 0 aliphatic rings. The summed E-state index contributed by atoms with van der Waals surface area (Å²) in [4.78, 5) is 82.3. The van der Waals surface area contributed by atoms with Crippen LogP contribution in [0.1, 0.15) is 95.0 Å². The Morgan fingerprint density at radius 1 is 0.549 bits per heavy atom. The number of aromatic nitrogens is 2. The van der Waals surface area contributed by atoms with Crippen molar-refractivity contribution in [1.29, 1.82) is 0 Å². The Morgan fingerprint density at radius 3 is 1.43 bits per heavy atom. The van der Waals surface area contributed by atoms with Crippen molar-refractivity contribution in [1.82, 2.24) is 25.9 Å². The Labute approximate surface area is 491 Å². The number of hydrogen-bond donors (Lipinski definition) is 5. The number of rotatable bonds is 23. The molecular weight excluding hydrogens is 1100 g/mol. The summed E-state index contributed by atoms with van der Waals surface area (Å²) in [6, 6.07) is 40.2. The largest absolute Gasteiger partial charge is 0.477 e. The van der Waals surface area contributed by atoms with Crippen molar-refractivity contribution >= 4 is 91.5 Å². The van der Waals surface area contributed by atoms with Gasteiger partial charge in [-0.25, -0.2) is 24.0 Å². The van der Waals surface area contributed by atoms with Crippen LogP contribution in [0.25, 0.3) is 42.7 Å². The molecule has 4 aromatic heterocycles. The van der Waals surface area contributed by atoms with Gasteiger partial charge in [0, 0.05) is 36.6 Å². The van der Waals surface area contributed by atoms with Crippen LogP contribution < -0.4 is 21.7 Å². The molecule has 8 aromatic rings. The molecule has 17 nitrogen and oxygen atoms in total. The lowest BCUT2D eigenvalue weighted by atomic mass is 9.99. The molecule has 0 fully saturated rings. The number of carbonyl (C=O) groups is 6. The van der Waals surface area contributed by atoms with Gasteiger partial charge in [0.2, 0.25) is 0 Å². The number of unbranched alkanes of at least 4 members (excludes halogenated alkanes) is 2. The molecule has 8 rings (SSSR count). The molecule has 4 heterocycles. The van der Waals surface area contributed by atoms with E-state index in [1.807, 2.05) is 111 Å². The highest BCUT2D eigenvalue weighted by atomic mass is 35.5. The Balaban J connectivity index is 0.000000247. The lowest BCUT2D eigenvalue weighted by molar-refractivity contribution is -0.146. The highest BCUT2D eigenvalue weighted by molar-refractivity contribution is 7.21. The lowest BCUT2D eigenvalue weighted by Gasteiger charge is -2.18. The van der Waals surface area contributed by atoms with Crippen molar-refractivity contribution in [2.45, 2.75) is 91.5 Å². The van der Waals surface area contributed by atoms with Gasteiger partial charge in [-0.05, 0) is 83.3 Å². The third-order valence-corrected chi connectivity index (χ3v) is 14.7. The molecule has 0 saturated carbocycles. The maximum Gasteiger partial charge on any atom is 0.408 e. The molecule has 4 aromatic carbocycles. The molecule has 0 saturated heterocycles. The number of ether oxygens (including phenoxy) is 4. The van der Waals surface area contributed by atoms with E-state index < -0.39 is 42.2 Å².